The zero-order valence-electron chi connectivity index (χ0n) is 31.9. The summed E-state index contributed by atoms with van der Waals surface area (Å²) in [6.07, 6.45) is 7.72. The Hall–Kier alpha value is -7.76. The predicted molar refractivity (Wildman–Crippen MR) is 244 cm³/mol. The van der Waals surface area contributed by atoms with E-state index in [1.807, 2.05) is 6.07 Å². The van der Waals surface area contributed by atoms with Crippen molar-refractivity contribution in [2.45, 2.75) is 12.3 Å². The lowest BCUT2D eigenvalue weighted by Crippen LogP contribution is -2.07. The summed E-state index contributed by atoms with van der Waals surface area (Å²) < 4.78 is 11.8. The number of rotatable bonds is 4. The fourth-order valence-corrected chi connectivity index (χ4v) is 9.72. The van der Waals surface area contributed by atoms with Crippen LogP contribution in [0.5, 0.6) is 0 Å². The number of para-hydroxylation sites is 3. The van der Waals surface area contributed by atoms with E-state index in [0.29, 0.717) is 0 Å². The Balaban J connectivity index is 1.07. The maximum atomic E-state index is 6.87. The zero-order chi connectivity index (χ0) is 38.6. The van der Waals surface area contributed by atoms with Gasteiger partial charge in [-0.1, -0.05) is 133 Å². The molecule has 0 amide bonds. The van der Waals surface area contributed by atoms with E-state index in [2.05, 4.69) is 191 Å². The molecule has 0 bridgehead atoms. The lowest BCUT2D eigenvalue weighted by Gasteiger charge is -2.19. The van der Waals surface area contributed by atoms with E-state index >= 15 is 0 Å². The summed E-state index contributed by atoms with van der Waals surface area (Å²) >= 11 is 0. The first-order valence-corrected chi connectivity index (χ1v) is 20.3. The maximum Gasteiger partial charge on any atom is 0.145 e. The van der Waals surface area contributed by atoms with Crippen LogP contribution in [-0.2, 0) is 0 Å². The van der Waals surface area contributed by atoms with Gasteiger partial charge in [-0.15, -0.1) is 0 Å². The highest BCUT2D eigenvalue weighted by molar-refractivity contribution is 6.32. The Bertz CT molecular complexity index is 3770. The average Bonchev–Trinajstić information content (AvgIpc) is 3.96. The smallest absolute Gasteiger partial charge is 0.145 e. The molecule has 0 saturated heterocycles. The lowest BCUT2D eigenvalue weighted by molar-refractivity contribution is 0.673. The number of fused-ring (bicyclic) bond motifs is 13. The van der Waals surface area contributed by atoms with Gasteiger partial charge in [0.2, 0.25) is 0 Å². The molecule has 0 radical (unpaired) electrons. The second-order valence-electron chi connectivity index (χ2n) is 15.7. The van der Waals surface area contributed by atoms with Crippen LogP contribution in [0.3, 0.4) is 0 Å². The van der Waals surface area contributed by atoms with Gasteiger partial charge in [0.05, 0.1) is 38.7 Å². The quantitative estimate of drug-likeness (QED) is 0.180. The highest BCUT2D eigenvalue weighted by Crippen LogP contribution is 2.46. The SMILES string of the molecule is C1=CC(c2nc(-c3ccccc3)c3ccccc3n2)CC=C1n1c2ccccc2c2ccc3c(c4c5oc6ccccc6c5ccc4n3-c3ccc4ccccc4c3)c21. The second-order valence-corrected chi connectivity index (χ2v) is 15.7. The van der Waals surface area contributed by atoms with E-state index in [1.54, 1.807) is 0 Å². The summed E-state index contributed by atoms with van der Waals surface area (Å²) in [5, 5.41) is 10.5. The fraction of sp³-hybridized carbons (Fsp3) is 0.0370. The standard InChI is InChI=1S/C54H34N4O/c1-2-13-34(14-3-1)51-43-18-6-9-19-44(43)55-54(56-51)35-23-25-37(26-24-35)58-45-20-10-7-16-39(45)41-28-30-46-49(52(41)58)50-47(31-29-42-40-17-8-11-21-48(40)59-53(42)50)57(46)38-27-22-33-12-4-5-15-36(33)32-38/h1-23,25-32,35H,24H2. The summed E-state index contributed by atoms with van der Waals surface area (Å²) in [5.74, 6) is 0.869. The fourth-order valence-electron chi connectivity index (χ4n) is 9.72. The van der Waals surface area contributed by atoms with Crippen LogP contribution in [0.25, 0.3) is 110 Å². The number of aromatic nitrogens is 4. The molecule has 1 atom stereocenters. The van der Waals surface area contributed by atoms with Crippen LogP contribution < -0.4 is 0 Å². The van der Waals surface area contributed by atoms with Crippen molar-refractivity contribution in [3.8, 4) is 16.9 Å². The number of allylic oxidation sites excluding steroid dienone is 4. The minimum Gasteiger partial charge on any atom is -0.455 e. The third-order valence-corrected chi connectivity index (χ3v) is 12.4. The second kappa shape index (κ2) is 12.4. The Kier molecular flexibility index (Phi) is 6.78. The van der Waals surface area contributed by atoms with E-state index in [1.165, 1.54) is 38.0 Å². The van der Waals surface area contributed by atoms with Crippen molar-refractivity contribution >= 4 is 92.9 Å². The van der Waals surface area contributed by atoms with Crippen molar-refractivity contribution in [3.63, 3.8) is 0 Å². The number of benzene rings is 8. The molecule has 12 aromatic rings. The first kappa shape index (κ1) is 32.3. The predicted octanol–water partition coefficient (Wildman–Crippen LogP) is 14.1. The molecule has 0 spiro atoms. The third kappa shape index (κ3) is 4.73. The number of nitrogens with zero attached hydrogens (tertiary/aromatic N) is 4. The maximum absolute atomic E-state index is 6.87. The summed E-state index contributed by atoms with van der Waals surface area (Å²) in [4.78, 5) is 10.4. The van der Waals surface area contributed by atoms with E-state index in [0.717, 1.165) is 84.1 Å². The molecule has 8 aromatic carbocycles. The lowest BCUT2D eigenvalue weighted by atomic mass is 9.97. The number of hydrogen-bond acceptors (Lipinski definition) is 3. The van der Waals surface area contributed by atoms with Crippen molar-refractivity contribution in [1.82, 2.24) is 19.1 Å². The molecule has 5 heteroatoms. The number of hydrogen-bond donors (Lipinski definition) is 0. The molecule has 1 aliphatic rings. The molecule has 0 saturated carbocycles. The minimum absolute atomic E-state index is 0.0314. The van der Waals surface area contributed by atoms with Gasteiger partial charge < -0.3 is 13.6 Å². The molecule has 59 heavy (non-hydrogen) atoms. The van der Waals surface area contributed by atoms with Crippen molar-refractivity contribution < 1.29 is 4.42 Å². The molecular formula is C54H34N4O. The number of furan rings is 1. The van der Waals surface area contributed by atoms with Crippen LogP contribution >= 0.6 is 0 Å². The van der Waals surface area contributed by atoms with Gasteiger partial charge in [-0.25, -0.2) is 9.97 Å². The molecule has 4 aromatic heterocycles. The Morgan fingerprint density at radius 1 is 0.525 bits per heavy atom. The summed E-state index contributed by atoms with van der Waals surface area (Å²) in [5.41, 5.74) is 11.7. The van der Waals surface area contributed by atoms with Crippen molar-refractivity contribution in [3.05, 3.63) is 194 Å². The van der Waals surface area contributed by atoms with Gasteiger partial charge >= 0.3 is 0 Å². The van der Waals surface area contributed by atoms with Crippen LogP contribution in [0.2, 0.25) is 0 Å². The molecule has 0 fully saturated rings. The van der Waals surface area contributed by atoms with E-state index in [4.69, 9.17) is 14.4 Å². The first-order chi connectivity index (χ1) is 29.3. The third-order valence-electron chi connectivity index (χ3n) is 12.4. The molecule has 5 nitrogen and oxygen atoms in total. The molecule has 276 valence electrons. The van der Waals surface area contributed by atoms with Crippen molar-refractivity contribution in [1.29, 1.82) is 0 Å². The Morgan fingerprint density at radius 2 is 1.25 bits per heavy atom. The van der Waals surface area contributed by atoms with Crippen LogP contribution in [0, 0.1) is 0 Å². The van der Waals surface area contributed by atoms with E-state index in [-0.39, 0.29) is 5.92 Å². The molecule has 0 aliphatic heterocycles. The van der Waals surface area contributed by atoms with Gasteiger partial charge in [0.15, 0.2) is 0 Å². The van der Waals surface area contributed by atoms with Gasteiger partial charge in [-0.3, -0.25) is 0 Å². The van der Waals surface area contributed by atoms with Gasteiger partial charge in [-0.05, 0) is 71.8 Å². The van der Waals surface area contributed by atoms with Crippen LogP contribution in [0.15, 0.2) is 193 Å². The molecule has 4 heterocycles. The topological polar surface area (TPSA) is 48.8 Å². The minimum atomic E-state index is 0.0314. The van der Waals surface area contributed by atoms with Gasteiger partial charge in [0, 0.05) is 55.2 Å². The van der Waals surface area contributed by atoms with E-state index in [9.17, 15) is 0 Å². The molecule has 1 unspecified atom stereocenters. The molecule has 1 aliphatic carbocycles. The Labute approximate surface area is 338 Å². The Morgan fingerprint density at radius 3 is 2.12 bits per heavy atom. The normalized spacial score (nSPS) is 14.6. The highest BCUT2D eigenvalue weighted by Gasteiger charge is 2.26. The summed E-state index contributed by atoms with van der Waals surface area (Å²) in [6, 6.07) is 60.5. The molecule has 0 N–H and O–H groups in total. The zero-order valence-corrected chi connectivity index (χ0v) is 31.9. The molecule has 13 rings (SSSR count). The largest absolute Gasteiger partial charge is 0.455 e. The molecular weight excluding hydrogens is 721 g/mol. The van der Waals surface area contributed by atoms with Gasteiger partial charge in [-0.2, -0.15) is 0 Å². The van der Waals surface area contributed by atoms with Gasteiger partial charge in [0.1, 0.15) is 17.0 Å². The van der Waals surface area contributed by atoms with Crippen molar-refractivity contribution in [2.75, 3.05) is 0 Å². The van der Waals surface area contributed by atoms with Crippen LogP contribution in [-0.4, -0.2) is 19.1 Å². The van der Waals surface area contributed by atoms with Gasteiger partial charge in [0.25, 0.3) is 0 Å². The van der Waals surface area contributed by atoms with Crippen LogP contribution in [0.4, 0.5) is 0 Å². The highest BCUT2D eigenvalue weighted by atomic mass is 16.3. The monoisotopic (exact) mass is 754 g/mol. The first-order valence-electron chi connectivity index (χ1n) is 20.3. The summed E-state index contributed by atoms with van der Waals surface area (Å²) in [6.45, 7) is 0. The summed E-state index contributed by atoms with van der Waals surface area (Å²) in [7, 11) is 0. The van der Waals surface area contributed by atoms with E-state index < -0.39 is 0 Å². The van der Waals surface area contributed by atoms with Crippen molar-refractivity contribution in [2.24, 2.45) is 0 Å². The average molecular weight is 755 g/mol. The van der Waals surface area contributed by atoms with Crippen LogP contribution in [0.1, 0.15) is 18.2 Å².